The van der Waals surface area contributed by atoms with Gasteiger partial charge in [0.1, 0.15) is 12.1 Å². The van der Waals surface area contributed by atoms with E-state index in [-0.39, 0.29) is 0 Å². The second-order valence-electron chi connectivity index (χ2n) is 1.93. The van der Waals surface area contributed by atoms with Crippen molar-refractivity contribution >= 4 is 5.82 Å². The number of hydrogen-bond acceptors (Lipinski definition) is 4. The molecule has 4 heteroatoms. The molecule has 2 N–H and O–H groups in total. The average molecular weight is 135 g/mol. The number of nitrogen functional groups attached to an aromatic ring is 1. The third-order valence-corrected chi connectivity index (χ3v) is 1.32. The first-order chi connectivity index (χ1) is 4.88. The molecule has 0 aromatic carbocycles. The van der Waals surface area contributed by atoms with Crippen LogP contribution in [0.25, 0.3) is 11.3 Å². The molecule has 2 aliphatic heterocycles. The summed E-state index contributed by atoms with van der Waals surface area (Å²) in [7, 11) is 0. The monoisotopic (exact) mass is 135 g/mol. The summed E-state index contributed by atoms with van der Waals surface area (Å²) in [4.78, 5) is 7.74. The Morgan fingerprint density at radius 3 is 3.10 bits per heavy atom. The Labute approximate surface area is 57.0 Å². The minimum atomic E-state index is 0.465. The molecule has 50 valence electrons. The number of nitrogens with two attached hydrogens (primary N) is 1. The lowest BCUT2D eigenvalue weighted by Gasteiger charge is -1.92. The van der Waals surface area contributed by atoms with Gasteiger partial charge in [0.2, 0.25) is 0 Å². The molecular weight excluding hydrogens is 130 g/mol. The van der Waals surface area contributed by atoms with Crippen LogP contribution < -0.4 is 5.73 Å². The van der Waals surface area contributed by atoms with E-state index in [1.54, 1.807) is 6.20 Å². The Balaban J connectivity index is 2.78. The van der Waals surface area contributed by atoms with E-state index in [0.717, 1.165) is 11.3 Å². The molecular formula is C6H5N3O. The van der Waals surface area contributed by atoms with Gasteiger partial charge in [-0.2, -0.15) is 0 Å². The fourth-order valence-electron chi connectivity index (χ4n) is 0.810. The highest BCUT2D eigenvalue weighted by molar-refractivity contribution is 5.71. The fourth-order valence-corrected chi connectivity index (χ4v) is 0.810. The predicted molar refractivity (Wildman–Crippen MR) is 35.3 cm³/mol. The van der Waals surface area contributed by atoms with E-state index in [4.69, 9.17) is 10.2 Å². The van der Waals surface area contributed by atoms with Crippen LogP contribution in [0, 0.1) is 0 Å². The highest BCUT2D eigenvalue weighted by Gasteiger charge is 2.08. The molecule has 0 unspecified atom stereocenters. The van der Waals surface area contributed by atoms with Crippen LogP contribution >= 0.6 is 0 Å². The molecule has 0 aromatic heterocycles. The maximum absolute atomic E-state index is 5.47. The summed E-state index contributed by atoms with van der Waals surface area (Å²) in [6.07, 6.45) is 4.49. The first kappa shape index (κ1) is 5.22. The molecule has 0 aliphatic carbocycles. The summed E-state index contributed by atoms with van der Waals surface area (Å²) in [6.45, 7) is 0. The highest BCUT2D eigenvalue weighted by Crippen LogP contribution is 2.23. The van der Waals surface area contributed by atoms with E-state index < -0.39 is 0 Å². The molecule has 0 bridgehead atoms. The molecule has 2 aliphatic rings. The van der Waals surface area contributed by atoms with Crippen molar-refractivity contribution in [3.05, 3.63) is 18.9 Å². The fraction of sp³-hybridized carbons (Fsp3) is 0. The second-order valence-corrected chi connectivity index (χ2v) is 1.93. The van der Waals surface area contributed by atoms with Crippen LogP contribution in [0.15, 0.2) is 23.3 Å². The van der Waals surface area contributed by atoms with Crippen LogP contribution in [0.1, 0.15) is 0 Å². The lowest BCUT2D eigenvalue weighted by molar-refractivity contribution is 0.530. The maximum Gasteiger partial charge on any atom is 0.180 e. The summed E-state index contributed by atoms with van der Waals surface area (Å²) in [5.41, 5.74) is 7.00. The van der Waals surface area contributed by atoms with Crippen molar-refractivity contribution in [2.75, 3.05) is 5.73 Å². The van der Waals surface area contributed by atoms with Crippen LogP contribution in [0.4, 0.5) is 5.82 Å². The van der Waals surface area contributed by atoms with Crippen LogP contribution in [0.5, 0.6) is 0 Å². The summed E-state index contributed by atoms with van der Waals surface area (Å²) >= 11 is 0. The standard InChI is InChI=1S/C6H5N3O/c7-6-4-2-10-3-9-5(4)1-8-6/h1-3H,(H2,7,8). The molecule has 10 heavy (non-hydrogen) atoms. The number of fused-ring (bicyclic) bond motifs is 1. The Morgan fingerprint density at radius 2 is 2.30 bits per heavy atom. The highest BCUT2D eigenvalue weighted by atomic mass is 16.3. The molecule has 2 heterocycles. The summed E-state index contributed by atoms with van der Waals surface area (Å²) in [5, 5.41) is 0. The minimum Gasteiger partial charge on any atom is -0.453 e. The van der Waals surface area contributed by atoms with Gasteiger partial charge in [-0.3, -0.25) is 0 Å². The number of rotatable bonds is 0. The maximum atomic E-state index is 5.47. The van der Waals surface area contributed by atoms with Gasteiger partial charge < -0.3 is 10.2 Å². The van der Waals surface area contributed by atoms with Crippen molar-refractivity contribution in [3.63, 3.8) is 0 Å². The van der Waals surface area contributed by atoms with Crippen molar-refractivity contribution in [2.24, 2.45) is 0 Å². The Kier molecular flexibility index (Phi) is 0.887. The van der Waals surface area contributed by atoms with Gasteiger partial charge in [0.25, 0.3) is 0 Å². The van der Waals surface area contributed by atoms with Gasteiger partial charge in [0.15, 0.2) is 6.39 Å². The molecule has 0 saturated carbocycles. The van der Waals surface area contributed by atoms with Gasteiger partial charge in [-0.15, -0.1) is 0 Å². The third kappa shape index (κ3) is 0.556. The van der Waals surface area contributed by atoms with E-state index in [1.807, 2.05) is 0 Å². The Bertz CT molecular complexity index is 317. The SMILES string of the molecule is Nc1ncc2ncocc1-2. The Hall–Kier alpha value is -1.58. The van der Waals surface area contributed by atoms with Gasteiger partial charge in [-0.25, -0.2) is 9.97 Å². The van der Waals surface area contributed by atoms with Crippen molar-refractivity contribution in [3.8, 4) is 11.3 Å². The van der Waals surface area contributed by atoms with Crippen LogP contribution in [0.3, 0.4) is 0 Å². The van der Waals surface area contributed by atoms with Crippen molar-refractivity contribution in [1.82, 2.24) is 9.97 Å². The number of nitrogens with zero attached hydrogens (tertiary/aromatic N) is 2. The van der Waals surface area contributed by atoms with Gasteiger partial charge in [-0.1, -0.05) is 0 Å². The molecule has 0 aromatic rings. The van der Waals surface area contributed by atoms with E-state index in [0.29, 0.717) is 5.82 Å². The van der Waals surface area contributed by atoms with Gasteiger partial charge >= 0.3 is 0 Å². The van der Waals surface area contributed by atoms with Crippen molar-refractivity contribution < 1.29 is 4.42 Å². The molecule has 0 radical (unpaired) electrons. The first-order valence-electron chi connectivity index (χ1n) is 2.80. The third-order valence-electron chi connectivity index (χ3n) is 1.32. The minimum absolute atomic E-state index is 0.465. The topological polar surface area (TPSA) is 64.9 Å². The smallest absolute Gasteiger partial charge is 0.180 e. The first-order valence-corrected chi connectivity index (χ1v) is 2.80. The molecule has 0 fully saturated rings. The zero-order valence-electron chi connectivity index (χ0n) is 5.11. The normalized spacial score (nSPS) is 10.4. The van der Waals surface area contributed by atoms with E-state index in [9.17, 15) is 0 Å². The molecule has 4 nitrogen and oxygen atoms in total. The lowest BCUT2D eigenvalue weighted by Crippen LogP contribution is -1.86. The largest absolute Gasteiger partial charge is 0.453 e. The zero-order valence-corrected chi connectivity index (χ0v) is 5.11. The van der Waals surface area contributed by atoms with E-state index >= 15 is 0 Å². The second kappa shape index (κ2) is 1.70. The molecule has 0 amide bonds. The lowest BCUT2D eigenvalue weighted by atomic mass is 10.3. The zero-order chi connectivity index (χ0) is 6.97. The van der Waals surface area contributed by atoms with Crippen LogP contribution in [-0.2, 0) is 0 Å². The predicted octanol–water partition coefficient (Wildman–Crippen LogP) is 0.757. The summed E-state index contributed by atoms with van der Waals surface area (Å²) in [6, 6.07) is 0. The van der Waals surface area contributed by atoms with E-state index in [1.165, 1.54) is 12.7 Å². The van der Waals surface area contributed by atoms with Crippen molar-refractivity contribution in [1.29, 1.82) is 0 Å². The summed E-state index contributed by atoms with van der Waals surface area (Å²) in [5.74, 6) is 0.465. The van der Waals surface area contributed by atoms with Crippen LogP contribution in [-0.4, -0.2) is 9.97 Å². The molecule has 2 rings (SSSR count). The molecule has 0 spiro atoms. The van der Waals surface area contributed by atoms with Gasteiger partial charge in [0.05, 0.1) is 17.5 Å². The van der Waals surface area contributed by atoms with Gasteiger partial charge in [-0.05, 0) is 0 Å². The average Bonchev–Trinajstić information content (AvgIpc) is 2.34. The number of anilines is 1. The quantitative estimate of drug-likeness (QED) is 0.579. The summed E-state index contributed by atoms with van der Waals surface area (Å²) < 4.78 is 4.80. The van der Waals surface area contributed by atoms with E-state index in [2.05, 4.69) is 9.97 Å². The van der Waals surface area contributed by atoms with Crippen molar-refractivity contribution in [2.45, 2.75) is 0 Å². The van der Waals surface area contributed by atoms with Crippen LogP contribution in [0.2, 0.25) is 0 Å². The molecule has 0 saturated heterocycles. The number of hydrogen-bond donors (Lipinski definition) is 1. The molecule has 0 atom stereocenters. The van der Waals surface area contributed by atoms with Gasteiger partial charge in [0, 0.05) is 0 Å². The Morgan fingerprint density at radius 1 is 1.40 bits per heavy atom. The number of aromatic nitrogens is 2.